The Balaban J connectivity index is 0.00000841. The smallest absolute Gasteiger partial charge is 0.547 e. The van der Waals surface area contributed by atoms with Gasteiger partial charge < -0.3 is 43.4 Å². The van der Waals surface area contributed by atoms with Crippen molar-refractivity contribution in [3.8, 4) is 0 Å². The van der Waals surface area contributed by atoms with Crippen molar-refractivity contribution >= 4 is 30.3 Å². The van der Waals surface area contributed by atoms with Crippen molar-refractivity contribution < 1.29 is 92.2 Å². The third-order valence-electron chi connectivity index (χ3n) is 3.44. The summed E-state index contributed by atoms with van der Waals surface area (Å²) in [5.74, 6) is -5.45. The van der Waals surface area contributed by atoms with Gasteiger partial charge in [0, 0.05) is 26.4 Å². The van der Waals surface area contributed by atoms with E-state index in [9.17, 15) is 29.1 Å². The van der Waals surface area contributed by atoms with Crippen molar-refractivity contribution in [1.82, 2.24) is 0 Å². The first-order valence-corrected chi connectivity index (χ1v) is 7.74. The maximum Gasteiger partial charge on any atom is 1.00 e. The molecule has 0 aromatic rings. The molecule has 0 aliphatic carbocycles. The van der Waals surface area contributed by atoms with Gasteiger partial charge in [-0.3, -0.25) is 4.79 Å². The van der Waals surface area contributed by atoms with E-state index in [1.807, 2.05) is 0 Å². The Morgan fingerprint density at radius 1 is 0.933 bits per heavy atom. The molecular formula is C16H17NaO13. The zero-order valence-corrected chi connectivity index (χ0v) is 18.1. The molecule has 0 radical (unpaired) electrons. The number of rotatable bonds is 10. The molecule has 1 fully saturated rings. The Morgan fingerprint density at radius 3 is 2.03 bits per heavy atom. The minimum Gasteiger partial charge on any atom is -0.547 e. The molecule has 0 aromatic carbocycles. The molecule has 1 N–H and O–H groups in total. The molecule has 0 aromatic heterocycles. The molecule has 1 aliphatic heterocycles. The SMILES string of the molecule is COC1OC(C(=O)[O-])C(OC)C(OC(=O)/C=C\OC=O)C1OC(=O)/C=C\C(=O)O.[Na+]. The Morgan fingerprint density at radius 2 is 1.53 bits per heavy atom. The van der Waals surface area contributed by atoms with Crippen LogP contribution in [0.2, 0.25) is 0 Å². The summed E-state index contributed by atoms with van der Waals surface area (Å²) < 4.78 is 29.4. The third kappa shape index (κ3) is 8.22. The molecule has 0 spiro atoms. The predicted octanol–water partition coefficient (Wildman–Crippen LogP) is -5.72. The van der Waals surface area contributed by atoms with Gasteiger partial charge in [0.1, 0.15) is 18.5 Å². The largest absolute Gasteiger partial charge is 1.00 e. The number of methoxy groups -OCH3 is 2. The van der Waals surface area contributed by atoms with E-state index in [2.05, 4.69) is 4.74 Å². The van der Waals surface area contributed by atoms with Gasteiger partial charge in [-0.05, 0) is 0 Å². The van der Waals surface area contributed by atoms with Gasteiger partial charge in [-0.15, -0.1) is 0 Å². The van der Waals surface area contributed by atoms with Crippen LogP contribution >= 0.6 is 0 Å². The number of hydrogen-bond donors (Lipinski definition) is 1. The predicted molar refractivity (Wildman–Crippen MR) is 84.3 cm³/mol. The molecule has 13 nitrogen and oxygen atoms in total. The number of carboxylic acid groups (broad SMARTS) is 2. The summed E-state index contributed by atoms with van der Waals surface area (Å²) in [6, 6.07) is 0. The van der Waals surface area contributed by atoms with Crippen LogP contribution in [0.15, 0.2) is 24.5 Å². The van der Waals surface area contributed by atoms with Crippen LogP contribution in [0.25, 0.3) is 0 Å². The number of hydrogen-bond acceptors (Lipinski definition) is 12. The summed E-state index contributed by atoms with van der Waals surface area (Å²) >= 11 is 0. The van der Waals surface area contributed by atoms with Crippen molar-refractivity contribution in [1.29, 1.82) is 0 Å². The van der Waals surface area contributed by atoms with Crippen molar-refractivity contribution in [3.63, 3.8) is 0 Å². The van der Waals surface area contributed by atoms with E-state index >= 15 is 0 Å². The van der Waals surface area contributed by atoms with Gasteiger partial charge >= 0.3 is 47.5 Å². The van der Waals surface area contributed by atoms with Gasteiger partial charge in [0.15, 0.2) is 18.5 Å². The summed E-state index contributed by atoms with van der Waals surface area (Å²) in [5, 5.41) is 19.9. The van der Waals surface area contributed by atoms with Crippen LogP contribution in [0, 0.1) is 0 Å². The molecule has 1 saturated heterocycles. The van der Waals surface area contributed by atoms with Crippen molar-refractivity contribution in [2.24, 2.45) is 0 Å². The van der Waals surface area contributed by atoms with E-state index < -0.39 is 54.6 Å². The zero-order valence-electron chi connectivity index (χ0n) is 16.1. The quantitative estimate of drug-likeness (QED) is 0.0847. The van der Waals surface area contributed by atoms with Crippen LogP contribution in [-0.4, -0.2) is 80.4 Å². The molecule has 30 heavy (non-hydrogen) atoms. The standard InChI is InChI=1S/C16H18O13.Na/c1-24-11-12(27-10(21)5-6-26-7-17)14(28-9(20)4-3-8(18)19)16(25-2)29-13(11)15(22)23;/h3-7,11-14,16H,1-2H3,(H,18,19)(H,22,23);/q;+1/p-1/b4-3-,6-5-;. The van der Waals surface area contributed by atoms with Gasteiger partial charge in [0.05, 0.1) is 12.0 Å². The average Bonchev–Trinajstić information content (AvgIpc) is 2.67. The summed E-state index contributed by atoms with van der Waals surface area (Å²) in [6.45, 7) is 0.0304. The second kappa shape index (κ2) is 13.8. The Kier molecular flexibility index (Phi) is 12.8. The number of carbonyl (C=O) groups is 5. The fourth-order valence-corrected chi connectivity index (χ4v) is 2.32. The van der Waals surface area contributed by atoms with Gasteiger partial charge in [-0.1, -0.05) is 0 Å². The normalized spacial score (nSPS) is 25.9. The number of aliphatic carboxylic acids is 2. The maximum absolute atomic E-state index is 11.9. The van der Waals surface area contributed by atoms with E-state index in [-0.39, 0.29) is 36.0 Å². The Hall–Kier alpha value is -2.29. The van der Waals surface area contributed by atoms with Crippen LogP contribution in [0.3, 0.4) is 0 Å². The van der Waals surface area contributed by atoms with Crippen molar-refractivity contribution in [3.05, 3.63) is 24.5 Å². The first kappa shape index (κ1) is 27.7. The van der Waals surface area contributed by atoms with Crippen LogP contribution < -0.4 is 34.7 Å². The molecule has 0 bridgehead atoms. The molecule has 5 atom stereocenters. The van der Waals surface area contributed by atoms with Gasteiger partial charge in [-0.2, -0.15) is 0 Å². The maximum atomic E-state index is 11.9. The molecule has 14 heteroatoms. The second-order valence-electron chi connectivity index (χ2n) is 5.19. The topological polar surface area (TPSA) is 184 Å². The molecule has 1 aliphatic rings. The minimum absolute atomic E-state index is 0. The number of esters is 2. The van der Waals surface area contributed by atoms with E-state index in [0.29, 0.717) is 24.5 Å². The average molecular weight is 440 g/mol. The first-order chi connectivity index (χ1) is 13.7. The Bertz CT molecular complexity index is 689. The minimum atomic E-state index is -1.78. The van der Waals surface area contributed by atoms with Crippen molar-refractivity contribution in [2.75, 3.05) is 14.2 Å². The summed E-state index contributed by atoms with van der Waals surface area (Å²) in [5.41, 5.74) is 0. The van der Waals surface area contributed by atoms with Crippen LogP contribution in [0.5, 0.6) is 0 Å². The molecule has 5 unspecified atom stereocenters. The van der Waals surface area contributed by atoms with Gasteiger partial charge in [0.25, 0.3) is 6.47 Å². The summed E-state index contributed by atoms with van der Waals surface area (Å²) in [6.07, 6.45) is -5.52. The van der Waals surface area contributed by atoms with E-state index in [1.54, 1.807) is 0 Å². The van der Waals surface area contributed by atoms with E-state index in [1.165, 1.54) is 0 Å². The molecule has 160 valence electrons. The number of carboxylic acids is 2. The number of ether oxygens (including phenoxy) is 6. The fourth-order valence-electron chi connectivity index (χ4n) is 2.32. The zero-order chi connectivity index (χ0) is 22.0. The van der Waals surface area contributed by atoms with Crippen LogP contribution in [0.4, 0.5) is 0 Å². The molecular weight excluding hydrogens is 423 g/mol. The molecule has 1 rings (SSSR count). The third-order valence-corrected chi connectivity index (χ3v) is 3.44. The van der Waals surface area contributed by atoms with Crippen molar-refractivity contribution in [2.45, 2.75) is 30.7 Å². The number of carbonyl (C=O) groups excluding carboxylic acids is 4. The van der Waals surface area contributed by atoms with Crippen LogP contribution in [-0.2, 0) is 52.4 Å². The monoisotopic (exact) mass is 440 g/mol. The fraction of sp³-hybridized carbons (Fsp3) is 0.438. The van der Waals surface area contributed by atoms with E-state index in [4.69, 9.17) is 28.8 Å². The first-order valence-electron chi connectivity index (χ1n) is 7.74. The molecule has 0 amide bonds. The summed E-state index contributed by atoms with van der Waals surface area (Å²) in [7, 11) is 2.17. The molecule has 0 saturated carbocycles. The Labute approximate surface area is 191 Å². The second-order valence-corrected chi connectivity index (χ2v) is 5.19. The van der Waals surface area contributed by atoms with Crippen LogP contribution in [0.1, 0.15) is 0 Å². The summed E-state index contributed by atoms with van der Waals surface area (Å²) in [4.78, 5) is 55.8. The van der Waals surface area contributed by atoms with E-state index in [0.717, 1.165) is 14.2 Å². The van der Waals surface area contributed by atoms with Gasteiger partial charge in [0.2, 0.25) is 0 Å². The van der Waals surface area contributed by atoms with Gasteiger partial charge in [-0.25, -0.2) is 14.4 Å². The molecule has 1 heterocycles.